The molecule has 0 heterocycles. The second-order valence-corrected chi connectivity index (χ2v) is 4.74. The summed E-state index contributed by atoms with van der Waals surface area (Å²) in [6, 6.07) is 9.24. The Balaban J connectivity index is 2.42. The maximum absolute atomic E-state index is 13.2. The second-order valence-electron chi connectivity index (χ2n) is 3.89. The fourth-order valence-corrected chi connectivity index (χ4v) is 2.01. The standard InChI is InChI=1S/C13H11BrFN3O/c14-9-6-7(4-5-10(9)15)18-12-8(13(17)19)2-1-3-11(12)16/h1-6,18H,16H2,(H2,17,19). The quantitative estimate of drug-likeness (QED) is 0.759. The van der Waals surface area contributed by atoms with Gasteiger partial charge in [0, 0.05) is 5.69 Å². The molecule has 2 rings (SSSR count). The topological polar surface area (TPSA) is 81.1 Å². The fraction of sp³-hybridized carbons (Fsp3) is 0. The van der Waals surface area contributed by atoms with Crippen LogP contribution in [0.15, 0.2) is 40.9 Å². The molecule has 0 aromatic heterocycles. The van der Waals surface area contributed by atoms with Gasteiger partial charge in [-0.05, 0) is 46.3 Å². The highest BCUT2D eigenvalue weighted by molar-refractivity contribution is 9.10. The van der Waals surface area contributed by atoms with Crippen molar-refractivity contribution in [2.45, 2.75) is 0 Å². The predicted molar refractivity (Wildman–Crippen MR) is 76.8 cm³/mol. The van der Waals surface area contributed by atoms with Crippen molar-refractivity contribution in [3.05, 3.63) is 52.3 Å². The van der Waals surface area contributed by atoms with E-state index in [0.717, 1.165) is 0 Å². The third-order valence-corrected chi connectivity index (χ3v) is 3.16. The number of benzene rings is 2. The zero-order chi connectivity index (χ0) is 14.0. The Bertz CT molecular complexity index is 646. The largest absolute Gasteiger partial charge is 0.397 e. The van der Waals surface area contributed by atoms with E-state index in [0.29, 0.717) is 21.5 Å². The normalized spacial score (nSPS) is 10.2. The molecule has 1 amide bonds. The van der Waals surface area contributed by atoms with Crippen LogP contribution in [0.3, 0.4) is 0 Å². The van der Waals surface area contributed by atoms with E-state index in [1.54, 1.807) is 24.3 Å². The number of nitrogens with one attached hydrogen (secondary N) is 1. The molecule has 0 saturated heterocycles. The Labute approximate surface area is 117 Å². The lowest BCUT2D eigenvalue weighted by Crippen LogP contribution is -2.14. The number of amides is 1. The fourth-order valence-electron chi connectivity index (χ4n) is 1.63. The SMILES string of the molecule is NC(=O)c1cccc(N)c1Nc1ccc(F)c(Br)c1. The Morgan fingerprint density at radius 3 is 2.63 bits per heavy atom. The molecule has 0 atom stereocenters. The summed E-state index contributed by atoms with van der Waals surface area (Å²) in [5, 5.41) is 2.97. The first-order valence-corrected chi connectivity index (χ1v) is 6.18. The minimum Gasteiger partial charge on any atom is -0.397 e. The van der Waals surface area contributed by atoms with Gasteiger partial charge < -0.3 is 16.8 Å². The van der Waals surface area contributed by atoms with Crippen LogP contribution in [0.4, 0.5) is 21.5 Å². The Hall–Kier alpha value is -2.08. The van der Waals surface area contributed by atoms with Crippen LogP contribution in [0.1, 0.15) is 10.4 Å². The molecule has 0 radical (unpaired) electrons. The molecule has 0 bridgehead atoms. The van der Waals surface area contributed by atoms with Crippen LogP contribution in [0.5, 0.6) is 0 Å². The molecule has 0 aliphatic heterocycles. The summed E-state index contributed by atoms with van der Waals surface area (Å²) in [7, 11) is 0. The number of hydrogen-bond donors (Lipinski definition) is 3. The molecule has 2 aromatic carbocycles. The first kappa shape index (κ1) is 13.4. The van der Waals surface area contributed by atoms with Crippen molar-refractivity contribution in [3.8, 4) is 0 Å². The van der Waals surface area contributed by atoms with Crippen LogP contribution < -0.4 is 16.8 Å². The lowest BCUT2D eigenvalue weighted by Gasteiger charge is -2.13. The Kier molecular flexibility index (Phi) is 3.71. The second kappa shape index (κ2) is 5.27. The molecule has 0 unspecified atom stereocenters. The van der Waals surface area contributed by atoms with Crippen LogP contribution in [-0.4, -0.2) is 5.91 Å². The summed E-state index contributed by atoms with van der Waals surface area (Å²) < 4.78 is 13.5. The van der Waals surface area contributed by atoms with Crippen LogP contribution in [0, 0.1) is 5.82 Å². The van der Waals surface area contributed by atoms with Gasteiger partial charge in [-0.2, -0.15) is 0 Å². The van der Waals surface area contributed by atoms with Crippen molar-refractivity contribution in [1.29, 1.82) is 0 Å². The summed E-state index contributed by atoms with van der Waals surface area (Å²) >= 11 is 3.09. The molecular weight excluding hydrogens is 313 g/mol. The predicted octanol–water partition coefficient (Wildman–Crippen LogP) is 3.01. The highest BCUT2D eigenvalue weighted by atomic mass is 79.9. The minimum atomic E-state index is -0.587. The molecule has 0 spiro atoms. The monoisotopic (exact) mass is 323 g/mol. The van der Waals surface area contributed by atoms with Crippen molar-refractivity contribution in [2.24, 2.45) is 5.73 Å². The average Bonchev–Trinajstić information content (AvgIpc) is 2.36. The van der Waals surface area contributed by atoms with E-state index < -0.39 is 5.91 Å². The van der Waals surface area contributed by atoms with Crippen molar-refractivity contribution >= 4 is 38.9 Å². The number of carbonyl (C=O) groups is 1. The first-order chi connectivity index (χ1) is 8.99. The number of halogens is 2. The number of carbonyl (C=O) groups excluding carboxylic acids is 1. The van der Waals surface area contributed by atoms with Crippen molar-refractivity contribution in [1.82, 2.24) is 0 Å². The third-order valence-electron chi connectivity index (χ3n) is 2.55. The van der Waals surface area contributed by atoms with Crippen molar-refractivity contribution < 1.29 is 9.18 Å². The molecule has 0 saturated carbocycles. The van der Waals surface area contributed by atoms with E-state index in [1.165, 1.54) is 12.1 Å². The van der Waals surface area contributed by atoms with E-state index in [4.69, 9.17) is 11.5 Å². The first-order valence-electron chi connectivity index (χ1n) is 5.39. The van der Waals surface area contributed by atoms with Gasteiger partial charge in [0.15, 0.2) is 0 Å². The molecule has 2 aromatic rings. The molecular formula is C13H11BrFN3O. The zero-order valence-electron chi connectivity index (χ0n) is 9.78. The summed E-state index contributed by atoms with van der Waals surface area (Å²) in [6.07, 6.45) is 0. The van der Waals surface area contributed by atoms with E-state index >= 15 is 0 Å². The van der Waals surface area contributed by atoms with Gasteiger partial charge in [0.2, 0.25) is 0 Å². The van der Waals surface area contributed by atoms with Gasteiger partial charge >= 0.3 is 0 Å². The Morgan fingerprint density at radius 2 is 2.00 bits per heavy atom. The van der Waals surface area contributed by atoms with Gasteiger partial charge in [-0.3, -0.25) is 4.79 Å². The summed E-state index contributed by atoms with van der Waals surface area (Å²) in [6.45, 7) is 0. The maximum atomic E-state index is 13.2. The van der Waals surface area contributed by atoms with Gasteiger partial charge in [-0.1, -0.05) is 6.07 Å². The number of nitrogen functional groups attached to an aromatic ring is 1. The smallest absolute Gasteiger partial charge is 0.250 e. The van der Waals surface area contributed by atoms with Crippen molar-refractivity contribution in [2.75, 3.05) is 11.1 Å². The minimum absolute atomic E-state index is 0.278. The van der Waals surface area contributed by atoms with E-state index in [1.807, 2.05) is 0 Å². The van der Waals surface area contributed by atoms with Gasteiger partial charge in [0.05, 0.1) is 21.4 Å². The van der Waals surface area contributed by atoms with Gasteiger partial charge in [-0.15, -0.1) is 0 Å². The molecule has 4 nitrogen and oxygen atoms in total. The van der Waals surface area contributed by atoms with Crippen LogP contribution in [0.25, 0.3) is 0 Å². The summed E-state index contributed by atoms with van der Waals surface area (Å²) in [4.78, 5) is 11.3. The lowest BCUT2D eigenvalue weighted by molar-refractivity contribution is 0.100. The third kappa shape index (κ3) is 2.85. The highest BCUT2D eigenvalue weighted by Crippen LogP contribution is 2.29. The number of nitrogens with two attached hydrogens (primary N) is 2. The van der Waals surface area contributed by atoms with Gasteiger partial charge in [0.1, 0.15) is 5.82 Å². The van der Waals surface area contributed by atoms with E-state index in [-0.39, 0.29) is 11.4 Å². The van der Waals surface area contributed by atoms with Gasteiger partial charge in [0.25, 0.3) is 5.91 Å². The highest BCUT2D eigenvalue weighted by Gasteiger charge is 2.11. The number of anilines is 3. The molecule has 6 heteroatoms. The number of primary amides is 1. The summed E-state index contributed by atoms with van der Waals surface area (Å²) in [5.74, 6) is -0.960. The maximum Gasteiger partial charge on any atom is 0.250 e. The number of para-hydroxylation sites is 1. The molecule has 98 valence electrons. The number of hydrogen-bond acceptors (Lipinski definition) is 3. The molecule has 0 fully saturated rings. The lowest BCUT2D eigenvalue weighted by atomic mass is 10.1. The van der Waals surface area contributed by atoms with Crippen LogP contribution in [0.2, 0.25) is 0 Å². The molecule has 0 aliphatic rings. The van der Waals surface area contributed by atoms with Crippen LogP contribution >= 0.6 is 15.9 Å². The average molecular weight is 324 g/mol. The van der Waals surface area contributed by atoms with Crippen LogP contribution in [-0.2, 0) is 0 Å². The van der Waals surface area contributed by atoms with E-state index in [9.17, 15) is 9.18 Å². The number of rotatable bonds is 3. The molecule has 19 heavy (non-hydrogen) atoms. The van der Waals surface area contributed by atoms with Gasteiger partial charge in [-0.25, -0.2) is 4.39 Å². The van der Waals surface area contributed by atoms with Crippen molar-refractivity contribution in [3.63, 3.8) is 0 Å². The van der Waals surface area contributed by atoms with E-state index in [2.05, 4.69) is 21.2 Å². The zero-order valence-corrected chi connectivity index (χ0v) is 11.4. The summed E-state index contributed by atoms with van der Waals surface area (Å²) in [5.41, 5.74) is 12.8. The Morgan fingerprint density at radius 1 is 1.26 bits per heavy atom. The molecule has 0 aliphatic carbocycles. The molecule has 5 N–H and O–H groups in total.